The standard InChI is InChI=1S/C25H36O6/c1-9-15-10-12-16(13-11-15)18-19(21(27)30-23(2,3)4)17(26)14-25(8,29)20(18)22(28)31-24(5,6)7/h10-13,18-20,29H,9,14H2,1-8H3/t18-,19-,20-,25-/m1/s1. The highest BCUT2D eigenvalue weighted by Gasteiger charge is 2.57. The molecule has 0 heterocycles. The van der Waals surface area contributed by atoms with Crippen LogP contribution in [0.2, 0.25) is 0 Å². The first kappa shape index (κ1) is 25.1. The Morgan fingerprint density at radius 1 is 1.00 bits per heavy atom. The van der Waals surface area contributed by atoms with Gasteiger partial charge in [-0.15, -0.1) is 0 Å². The van der Waals surface area contributed by atoms with Crippen LogP contribution in [0, 0.1) is 11.8 Å². The van der Waals surface area contributed by atoms with Gasteiger partial charge >= 0.3 is 11.9 Å². The van der Waals surface area contributed by atoms with E-state index in [-0.39, 0.29) is 6.42 Å². The predicted molar refractivity (Wildman–Crippen MR) is 117 cm³/mol. The highest BCUT2D eigenvalue weighted by molar-refractivity contribution is 6.03. The minimum absolute atomic E-state index is 0.329. The molecule has 1 N–H and O–H groups in total. The van der Waals surface area contributed by atoms with Crippen LogP contribution in [0.3, 0.4) is 0 Å². The van der Waals surface area contributed by atoms with E-state index in [4.69, 9.17) is 9.47 Å². The maximum absolute atomic E-state index is 13.3. The SMILES string of the molecule is CCc1ccc([C@@H]2[C@H](C(=O)OC(C)(C)C)C(=O)C[C@@](C)(O)[C@H]2C(=O)OC(C)(C)C)cc1. The van der Waals surface area contributed by atoms with Crippen LogP contribution in [0.1, 0.15) is 78.9 Å². The molecule has 1 fully saturated rings. The lowest BCUT2D eigenvalue weighted by molar-refractivity contribution is -0.182. The summed E-state index contributed by atoms with van der Waals surface area (Å²) in [5.41, 5.74) is -1.54. The molecule has 4 atom stereocenters. The van der Waals surface area contributed by atoms with Gasteiger partial charge in [-0.2, -0.15) is 0 Å². The number of ketones is 1. The first-order valence-corrected chi connectivity index (χ1v) is 10.9. The molecular weight excluding hydrogens is 396 g/mol. The molecule has 1 aliphatic rings. The van der Waals surface area contributed by atoms with E-state index < -0.39 is 52.3 Å². The molecule has 1 aromatic carbocycles. The van der Waals surface area contributed by atoms with Gasteiger partial charge in [0, 0.05) is 12.3 Å². The number of hydrogen-bond acceptors (Lipinski definition) is 6. The summed E-state index contributed by atoms with van der Waals surface area (Å²) < 4.78 is 11.2. The van der Waals surface area contributed by atoms with E-state index >= 15 is 0 Å². The van der Waals surface area contributed by atoms with Crippen LogP contribution >= 0.6 is 0 Å². The Kier molecular flexibility index (Phi) is 7.06. The van der Waals surface area contributed by atoms with Crippen LogP contribution in [-0.4, -0.2) is 39.6 Å². The zero-order chi connectivity index (χ0) is 23.8. The fraction of sp³-hybridized carbons (Fsp3) is 0.640. The first-order valence-electron chi connectivity index (χ1n) is 10.9. The lowest BCUT2D eigenvalue weighted by atomic mass is 9.61. The minimum Gasteiger partial charge on any atom is -0.460 e. The van der Waals surface area contributed by atoms with Crippen LogP contribution in [0.25, 0.3) is 0 Å². The fourth-order valence-corrected chi connectivity index (χ4v) is 4.12. The van der Waals surface area contributed by atoms with Gasteiger partial charge in [0.15, 0.2) is 5.78 Å². The molecule has 0 spiro atoms. The van der Waals surface area contributed by atoms with Crippen LogP contribution in [0.5, 0.6) is 0 Å². The molecule has 1 aromatic rings. The van der Waals surface area contributed by atoms with Gasteiger partial charge in [0.2, 0.25) is 0 Å². The molecular formula is C25H36O6. The topological polar surface area (TPSA) is 89.9 Å². The summed E-state index contributed by atoms with van der Waals surface area (Å²) in [5, 5.41) is 11.2. The summed E-state index contributed by atoms with van der Waals surface area (Å²) in [5.74, 6) is -4.97. The number of Topliss-reactive ketones (excluding diaryl/α,β-unsaturated/α-hetero) is 1. The molecule has 2 rings (SSSR count). The summed E-state index contributed by atoms with van der Waals surface area (Å²) in [6.45, 7) is 13.9. The molecule has 1 saturated carbocycles. The van der Waals surface area contributed by atoms with Crippen molar-refractivity contribution in [3.05, 3.63) is 35.4 Å². The lowest BCUT2D eigenvalue weighted by Gasteiger charge is -2.44. The van der Waals surface area contributed by atoms with E-state index in [1.165, 1.54) is 6.92 Å². The van der Waals surface area contributed by atoms with E-state index in [9.17, 15) is 19.5 Å². The van der Waals surface area contributed by atoms with E-state index in [0.717, 1.165) is 12.0 Å². The molecule has 0 saturated heterocycles. The Bertz CT molecular complexity index is 823. The number of ether oxygens (including phenoxy) is 2. The highest BCUT2D eigenvalue weighted by atomic mass is 16.6. The van der Waals surface area contributed by atoms with Crippen molar-refractivity contribution in [2.45, 2.75) is 91.0 Å². The molecule has 0 unspecified atom stereocenters. The first-order chi connectivity index (χ1) is 14.1. The van der Waals surface area contributed by atoms with Crippen molar-refractivity contribution in [1.29, 1.82) is 0 Å². The Morgan fingerprint density at radius 2 is 1.48 bits per heavy atom. The lowest BCUT2D eigenvalue weighted by Crippen LogP contribution is -2.56. The number of carbonyl (C=O) groups is 3. The van der Waals surface area contributed by atoms with Gasteiger partial charge < -0.3 is 14.6 Å². The molecule has 6 nitrogen and oxygen atoms in total. The molecule has 0 aromatic heterocycles. The van der Waals surface area contributed by atoms with E-state index in [1.807, 2.05) is 31.2 Å². The van der Waals surface area contributed by atoms with E-state index in [0.29, 0.717) is 5.56 Å². The summed E-state index contributed by atoms with van der Waals surface area (Å²) in [6, 6.07) is 7.43. The summed E-state index contributed by atoms with van der Waals surface area (Å²) in [4.78, 5) is 39.5. The van der Waals surface area contributed by atoms with Gasteiger partial charge in [0.05, 0.1) is 11.5 Å². The zero-order valence-electron chi connectivity index (χ0n) is 19.9. The van der Waals surface area contributed by atoms with Gasteiger partial charge in [-0.3, -0.25) is 14.4 Å². The fourth-order valence-electron chi connectivity index (χ4n) is 4.12. The van der Waals surface area contributed by atoms with Crippen molar-refractivity contribution in [2.24, 2.45) is 11.8 Å². The number of esters is 2. The second-order valence-electron chi connectivity index (χ2n) is 10.6. The Labute approximate surface area is 185 Å². The van der Waals surface area contributed by atoms with Crippen molar-refractivity contribution in [1.82, 2.24) is 0 Å². The second-order valence-corrected chi connectivity index (χ2v) is 10.6. The second kappa shape index (κ2) is 8.73. The molecule has 172 valence electrons. The molecule has 0 amide bonds. The highest BCUT2D eigenvalue weighted by Crippen LogP contribution is 2.47. The summed E-state index contributed by atoms with van der Waals surface area (Å²) >= 11 is 0. The predicted octanol–water partition coefficient (Wildman–Crippen LogP) is 3.97. The van der Waals surface area contributed by atoms with E-state index in [1.54, 1.807) is 41.5 Å². The van der Waals surface area contributed by atoms with Crippen molar-refractivity contribution in [3.8, 4) is 0 Å². The Morgan fingerprint density at radius 3 is 1.94 bits per heavy atom. The molecule has 0 aliphatic heterocycles. The van der Waals surface area contributed by atoms with Crippen LogP contribution < -0.4 is 0 Å². The zero-order valence-corrected chi connectivity index (χ0v) is 19.9. The number of carbonyl (C=O) groups excluding carboxylic acids is 3. The third-order valence-corrected chi connectivity index (χ3v) is 5.36. The third-order valence-electron chi connectivity index (χ3n) is 5.36. The maximum atomic E-state index is 13.3. The number of aliphatic hydroxyl groups is 1. The van der Waals surface area contributed by atoms with Crippen LogP contribution in [0.4, 0.5) is 0 Å². The van der Waals surface area contributed by atoms with Gasteiger partial charge in [-0.25, -0.2) is 0 Å². The minimum atomic E-state index is -1.66. The van der Waals surface area contributed by atoms with Gasteiger partial charge in [-0.1, -0.05) is 31.2 Å². The van der Waals surface area contributed by atoms with Crippen molar-refractivity contribution >= 4 is 17.7 Å². The van der Waals surface area contributed by atoms with Crippen LogP contribution in [0.15, 0.2) is 24.3 Å². The Balaban J connectivity index is 2.63. The smallest absolute Gasteiger partial charge is 0.317 e. The summed E-state index contributed by atoms with van der Waals surface area (Å²) in [7, 11) is 0. The van der Waals surface area contributed by atoms with Gasteiger partial charge in [0.1, 0.15) is 17.1 Å². The van der Waals surface area contributed by atoms with Gasteiger partial charge in [0.25, 0.3) is 0 Å². The third kappa shape index (κ3) is 6.16. The maximum Gasteiger partial charge on any atom is 0.317 e. The average Bonchev–Trinajstić information content (AvgIpc) is 2.56. The number of aryl methyl sites for hydroxylation is 1. The average molecular weight is 433 g/mol. The molecule has 6 heteroatoms. The van der Waals surface area contributed by atoms with Crippen molar-refractivity contribution in [2.75, 3.05) is 0 Å². The molecule has 1 aliphatic carbocycles. The number of benzene rings is 1. The largest absolute Gasteiger partial charge is 0.460 e. The van der Waals surface area contributed by atoms with Crippen LogP contribution in [-0.2, 0) is 30.3 Å². The number of rotatable bonds is 4. The monoisotopic (exact) mass is 432 g/mol. The quantitative estimate of drug-likeness (QED) is 0.572. The molecule has 31 heavy (non-hydrogen) atoms. The molecule has 0 radical (unpaired) electrons. The normalized spacial score (nSPS) is 27.0. The van der Waals surface area contributed by atoms with E-state index in [2.05, 4.69) is 0 Å². The van der Waals surface area contributed by atoms with Crippen molar-refractivity contribution in [3.63, 3.8) is 0 Å². The Hall–Kier alpha value is -2.21. The molecule has 0 bridgehead atoms. The van der Waals surface area contributed by atoms with Crippen molar-refractivity contribution < 1.29 is 29.0 Å². The number of hydrogen-bond donors (Lipinski definition) is 1. The summed E-state index contributed by atoms with van der Waals surface area (Å²) in [6.07, 6.45) is 0.497. The van der Waals surface area contributed by atoms with Gasteiger partial charge in [-0.05, 0) is 66.0 Å².